The summed E-state index contributed by atoms with van der Waals surface area (Å²) in [5.41, 5.74) is 5.19. The summed E-state index contributed by atoms with van der Waals surface area (Å²) in [6, 6.07) is 28.4. The number of anilines is 2. The Bertz CT molecular complexity index is 1190. The van der Waals surface area contributed by atoms with E-state index >= 15 is 0 Å². The second kappa shape index (κ2) is 10.9. The SMILES string of the molecule is CNc1nc(NC)c2c(C3CCN(CCC(c4ccccc4)c4ccccc4)CC3)cccc2n1. The molecule has 0 atom stereocenters. The Hall–Kier alpha value is -3.44. The monoisotopic (exact) mass is 465 g/mol. The third-order valence-corrected chi connectivity index (χ3v) is 7.38. The van der Waals surface area contributed by atoms with Gasteiger partial charge in [0.05, 0.1) is 5.52 Å². The van der Waals surface area contributed by atoms with Crippen molar-refractivity contribution in [1.82, 2.24) is 14.9 Å². The first kappa shape index (κ1) is 23.3. The molecule has 180 valence electrons. The number of likely N-dealkylation sites (tertiary alicyclic amines) is 1. The molecule has 0 radical (unpaired) electrons. The van der Waals surface area contributed by atoms with Crippen molar-refractivity contribution < 1.29 is 0 Å². The highest BCUT2D eigenvalue weighted by molar-refractivity contribution is 5.93. The topological polar surface area (TPSA) is 53.1 Å². The molecule has 1 aromatic heterocycles. The summed E-state index contributed by atoms with van der Waals surface area (Å²) in [5, 5.41) is 7.54. The van der Waals surface area contributed by atoms with E-state index in [1.165, 1.54) is 22.1 Å². The highest BCUT2D eigenvalue weighted by Crippen LogP contribution is 2.36. The Morgan fingerprint density at radius 3 is 2.06 bits per heavy atom. The highest BCUT2D eigenvalue weighted by Gasteiger charge is 2.25. The fourth-order valence-corrected chi connectivity index (χ4v) is 5.52. The Balaban J connectivity index is 1.28. The lowest BCUT2D eigenvalue weighted by atomic mass is 9.86. The second-order valence-corrected chi connectivity index (χ2v) is 9.42. The standard InChI is InChI=1S/C30H35N5/c1-31-29-28-26(14-9-15-27(28)33-30(32-2)34-29)24-16-19-35(20-17-24)21-18-25(22-10-5-3-6-11-22)23-12-7-4-8-13-23/h3-15,24-25H,16-21H2,1-2H3,(H2,31,32,33,34). The van der Waals surface area contributed by atoms with Crippen molar-refractivity contribution in [1.29, 1.82) is 0 Å². The van der Waals surface area contributed by atoms with Crippen molar-refractivity contribution in [3.63, 3.8) is 0 Å². The van der Waals surface area contributed by atoms with Gasteiger partial charge < -0.3 is 15.5 Å². The zero-order chi connectivity index (χ0) is 24.0. The average Bonchev–Trinajstić information content (AvgIpc) is 2.93. The third kappa shape index (κ3) is 5.15. The maximum absolute atomic E-state index is 4.71. The smallest absolute Gasteiger partial charge is 0.224 e. The van der Waals surface area contributed by atoms with Crippen LogP contribution in [0, 0.1) is 0 Å². The first-order valence-electron chi connectivity index (χ1n) is 12.7. The summed E-state index contributed by atoms with van der Waals surface area (Å²) in [5.74, 6) is 2.53. The molecule has 0 amide bonds. The first-order valence-corrected chi connectivity index (χ1v) is 12.7. The molecule has 0 saturated carbocycles. The van der Waals surface area contributed by atoms with Crippen molar-refractivity contribution in [2.24, 2.45) is 0 Å². The van der Waals surface area contributed by atoms with Crippen molar-refractivity contribution in [2.75, 3.05) is 44.4 Å². The predicted molar refractivity (Wildman–Crippen MR) is 146 cm³/mol. The lowest BCUT2D eigenvalue weighted by Crippen LogP contribution is -2.34. The van der Waals surface area contributed by atoms with Gasteiger partial charge in [0, 0.05) is 25.4 Å². The molecule has 5 heteroatoms. The van der Waals surface area contributed by atoms with Gasteiger partial charge in [-0.3, -0.25) is 0 Å². The summed E-state index contributed by atoms with van der Waals surface area (Å²) in [6.45, 7) is 3.37. The van der Waals surface area contributed by atoms with E-state index in [0.717, 1.165) is 50.2 Å². The maximum Gasteiger partial charge on any atom is 0.224 e. The Morgan fingerprint density at radius 2 is 1.46 bits per heavy atom. The highest BCUT2D eigenvalue weighted by atomic mass is 15.1. The fraction of sp³-hybridized carbons (Fsp3) is 0.333. The third-order valence-electron chi connectivity index (χ3n) is 7.38. The van der Waals surface area contributed by atoms with E-state index in [0.29, 0.717) is 17.8 Å². The van der Waals surface area contributed by atoms with Gasteiger partial charge in [-0.1, -0.05) is 72.8 Å². The van der Waals surface area contributed by atoms with E-state index in [9.17, 15) is 0 Å². The molecule has 1 aliphatic rings. The average molecular weight is 466 g/mol. The molecule has 1 fully saturated rings. The van der Waals surface area contributed by atoms with Crippen LogP contribution in [0.1, 0.15) is 47.8 Å². The van der Waals surface area contributed by atoms with Crippen LogP contribution in [-0.2, 0) is 0 Å². The minimum absolute atomic E-state index is 0.435. The summed E-state index contributed by atoms with van der Waals surface area (Å²) >= 11 is 0. The summed E-state index contributed by atoms with van der Waals surface area (Å²) in [4.78, 5) is 12.0. The molecule has 0 bridgehead atoms. The number of fused-ring (bicyclic) bond motifs is 1. The molecular weight excluding hydrogens is 430 g/mol. The second-order valence-electron chi connectivity index (χ2n) is 9.42. The molecule has 5 rings (SSSR count). The quantitative estimate of drug-likeness (QED) is 0.329. The zero-order valence-electron chi connectivity index (χ0n) is 20.7. The van der Waals surface area contributed by atoms with Crippen LogP contribution >= 0.6 is 0 Å². The molecule has 0 aliphatic carbocycles. The van der Waals surface area contributed by atoms with Gasteiger partial charge in [-0.2, -0.15) is 4.98 Å². The Labute approximate surface area is 208 Å². The molecule has 2 N–H and O–H groups in total. The molecule has 1 aliphatic heterocycles. The van der Waals surface area contributed by atoms with Gasteiger partial charge >= 0.3 is 0 Å². The molecule has 4 aromatic rings. The normalized spacial score (nSPS) is 14.9. The fourth-order valence-electron chi connectivity index (χ4n) is 5.52. The van der Waals surface area contributed by atoms with Gasteiger partial charge in [-0.05, 0) is 67.6 Å². The van der Waals surface area contributed by atoms with Gasteiger partial charge in [-0.25, -0.2) is 4.98 Å². The van der Waals surface area contributed by atoms with Gasteiger partial charge in [0.25, 0.3) is 0 Å². The van der Waals surface area contributed by atoms with E-state index in [4.69, 9.17) is 4.98 Å². The van der Waals surface area contributed by atoms with Gasteiger partial charge in [-0.15, -0.1) is 0 Å². The van der Waals surface area contributed by atoms with Crippen LogP contribution in [0.15, 0.2) is 78.9 Å². The van der Waals surface area contributed by atoms with Crippen molar-refractivity contribution >= 4 is 22.7 Å². The number of hydrogen-bond acceptors (Lipinski definition) is 5. The Morgan fingerprint density at radius 1 is 0.800 bits per heavy atom. The number of aromatic nitrogens is 2. The van der Waals surface area contributed by atoms with Crippen LogP contribution in [0.3, 0.4) is 0 Å². The first-order chi connectivity index (χ1) is 17.3. The van der Waals surface area contributed by atoms with Crippen LogP contribution < -0.4 is 10.6 Å². The van der Waals surface area contributed by atoms with Gasteiger partial charge in [0.15, 0.2) is 0 Å². The Kier molecular flexibility index (Phi) is 7.24. The van der Waals surface area contributed by atoms with Crippen LogP contribution in [0.5, 0.6) is 0 Å². The number of benzene rings is 3. The van der Waals surface area contributed by atoms with Crippen LogP contribution in [-0.4, -0.2) is 48.6 Å². The lowest BCUT2D eigenvalue weighted by molar-refractivity contribution is 0.208. The predicted octanol–water partition coefficient (Wildman–Crippen LogP) is 6.11. The molecule has 0 unspecified atom stereocenters. The van der Waals surface area contributed by atoms with Crippen molar-refractivity contribution in [3.8, 4) is 0 Å². The molecule has 0 spiro atoms. The minimum atomic E-state index is 0.435. The van der Waals surface area contributed by atoms with Crippen molar-refractivity contribution in [2.45, 2.75) is 31.1 Å². The molecule has 3 aromatic carbocycles. The minimum Gasteiger partial charge on any atom is -0.372 e. The summed E-state index contributed by atoms with van der Waals surface area (Å²) in [6.07, 6.45) is 3.46. The lowest BCUT2D eigenvalue weighted by Gasteiger charge is -2.33. The van der Waals surface area contributed by atoms with Crippen molar-refractivity contribution in [3.05, 3.63) is 95.6 Å². The van der Waals surface area contributed by atoms with E-state index in [1.807, 2.05) is 14.1 Å². The van der Waals surface area contributed by atoms with E-state index < -0.39 is 0 Å². The molecule has 5 nitrogen and oxygen atoms in total. The molecule has 2 heterocycles. The maximum atomic E-state index is 4.71. The molecule has 35 heavy (non-hydrogen) atoms. The van der Waals surface area contributed by atoms with Crippen LogP contribution in [0.4, 0.5) is 11.8 Å². The van der Waals surface area contributed by atoms with Crippen LogP contribution in [0.25, 0.3) is 10.9 Å². The van der Waals surface area contributed by atoms with E-state index in [2.05, 4.69) is 99.4 Å². The number of nitrogens with zero attached hydrogens (tertiary/aromatic N) is 3. The van der Waals surface area contributed by atoms with Gasteiger partial charge in [0.1, 0.15) is 5.82 Å². The number of piperidine rings is 1. The zero-order valence-corrected chi connectivity index (χ0v) is 20.7. The molecule has 1 saturated heterocycles. The largest absolute Gasteiger partial charge is 0.372 e. The van der Waals surface area contributed by atoms with E-state index in [-0.39, 0.29) is 0 Å². The van der Waals surface area contributed by atoms with Crippen LogP contribution in [0.2, 0.25) is 0 Å². The van der Waals surface area contributed by atoms with Gasteiger partial charge in [0.2, 0.25) is 5.95 Å². The van der Waals surface area contributed by atoms with E-state index in [1.54, 1.807) is 0 Å². The summed E-state index contributed by atoms with van der Waals surface area (Å²) < 4.78 is 0. The molecular formula is C30H35N5. The number of nitrogens with one attached hydrogen (secondary N) is 2. The number of rotatable bonds is 8. The summed E-state index contributed by atoms with van der Waals surface area (Å²) in [7, 11) is 3.80. The number of hydrogen-bond donors (Lipinski definition) is 2.